The third-order valence-electron chi connectivity index (χ3n) is 3.51. The highest BCUT2D eigenvalue weighted by Crippen LogP contribution is 2.22. The Labute approximate surface area is 145 Å². The lowest BCUT2D eigenvalue weighted by atomic mass is 10.2. The molecule has 25 heavy (non-hydrogen) atoms. The van der Waals surface area contributed by atoms with E-state index in [4.69, 9.17) is 13.9 Å². The van der Waals surface area contributed by atoms with Gasteiger partial charge in [0.05, 0.1) is 12.8 Å². The summed E-state index contributed by atoms with van der Waals surface area (Å²) in [6.45, 7) is 3.72. The van der Waals surface area contributed by atoms with Crippen LogP contribution in [0.4, 0.5) is 0 Å². The molecule has 0 saturated carbocycles. The van der Waals surface area contributed by atoms with E-state index < -0.39 is 0 Å². The maximum Gasteiger partial charge on any atom is 0.276 e. The third-order valence-corrected chi connectivity index (χ3v) is 3.51. The number of para-hydroxylation sites is 1. The molecule has 6 nitrogen and oxygen atoms in total. The first kappa shape index (κ1) is 16.4. The fourth-order valence-electron chi connectivity index (χ4n) is 2.19. The molecule has 128 valence electrons. The van der Waals surface area contributed by atoms with E-state index in [-0.39, 0.29) is 12.5 Å². The molecule has 1 amide bonds. The molecule has 0 fully saturated rings. The number of fused-ring (bicyclic) bond motifs is 1. The molecule has 3 rings (SSSR count). The molecule has 0 atom stereocenters. The standard InChI is InChI=1S/C19H18N2O4/c1-13(18-11-14-5-3-4-6-17(14)25-18)20-21-19(22)12-24-16-9-7-15(23-2)8-10-16/h3-11,20H,1,12H2,2H3,(H,21,22). The molecule has 0 radical (unpaired) electrons. The Balaban J connectivity index is 1.48. The summed E-state index contributed by atoms with van der Waals surface area (Å²) in [4.78, 5) is 11.9. The number of nitrogens with one attached hydrogen (secondary N) is 2. The van der Waals surface area contributed by atoms with Crippen molar-refractivity contribution in [1.82, 2.24) is 10.9 Å². The van der Waals surface area contributed by atoms with Crippen LogP contribution >= 0.6 is 0 Å². The molecule has 0 spiro atoms. The van der Waals surface area contributed by atoms with Crippen LogP contribution in [-0.2, 0) is 4.79 Å². The van der Waals surface area contributed by atoms with Gasteiger partial charge in [-0.15, -0.1) is 0 Å². The van der Waals surface area contributed by atoms with Crippen LogP contribution in [-0.4, -0.2) is 19.6 Å². The lowest BCUT2D eigenvalue weighted by molar-refractivity contribution is -0.123. The highest BCUT2D eigenvalue weighted by Gasteiger charge is 2.08. The number of methoxy groups -OCH3 is 1. The molecule has 0 bridgehead atoms. The van der Waals surface area contributed by atoms with Gasteiger partial charge in [0.15, 0.2) is 12.4 Å². The van der Waals surface area contributed by atoms with Gasteiger partial charge in [-0.1, -0.05) is 24.8 Å². The highest BCUT2D eigenvalue weighted by atomic mass is 16.5. The number of hydrogen-bond donors (Lipinski definition) is 2. The Hall–Kier alpha value is -3.41. The number of amides is 1. The summed E-state index contributed by atoms with van der Waals surface area (Å²) >= 11 is 0. The van der Waals surface area contributed by atoms with Crippen LogP contribution < -0.4 is 20.3 Å². The number of carbonyl (C=O) groups excluding carboxylic acids is 1. The number of hydrazine groups is 1. The maximum absolute atomic E-state index is 11.9. The van der Waals surface area contributed by atoms with E-state index in [0.717, 1.165) is 16.7 Å². The van der Waals surface area contributed by atoms with Crippen LogP contribution in [0.5, 0.6) is 11.5 Å². The number of carbonyl (C=O) groups is 1. The fourth-order valence-corrected chi connectivity index (χ4v) is 2.19. The molecule has 0 saturated heterocycles. The van der Waals surface area contributed by atoms with Crippen molar-refractivity contribution in [3.63, 3.8) is 0 Å². The molecule has 1 aromatic heterocycles. The second-order valence-corrected chi connectivity index (χ2v) is 5.26. The van der Waals surface area contributed by atoms with Gasteiger partial charge in [-0.3, -0.25) is 15.6 Å². The van der Waals surface area contributed by atoms with Crippen LogP contribution in [0.15, 0.2) is 65.6 Å². The SMILES string of the molecule is C=C(NNC(=O)COc1ccc(OC)cc1)c1cc2ccccc2o1. The van der Waals surface area contributed by atoms with Crippen LogP contribution in [0.25, 0.3) is 16.7 Å². The average molecular weight is 338 g/mol. The van der Waals surface area contributed by atoms with E-state index in [1.54, 1.807) is 31.4 Å². The maximum atomic E-state index is 11.9. The number of rotatable bonds is 7. The van der Waals surface area contributed by atoms with Gasteiger partial charge in [-0.25, -0.2) is 0 Å². The van der Waals surface area contributed by atoms with Crippen LogP contribution in [0.3, 0.4) is 0 Å². The van der Waals surface area contributed by atoms with E-state index in [1.165, 1.54) is 0 Å². The van der Waals surface area contributed by atoms with Crippen LogP contribution in [0.1, 0.15) is 5.76 Å². The molecule has 6 heteroatoms. The topological polar surface area (TPSA) is 72.7 Å². The first-order valence-electron chi connectivity index (χ1n) is 7.65. The normalized spacial score (nSPS) is 10.3. The lowest BCUT2D eigenvalue weighted by Crippen LogP contribution is -2.38. The van der Waals surface area contributed by atoms with Crippen molar-refractivity contribution in [3.05, 3.63) is 66.9 Å². The van der Waals surface area contributed by atoms with E-state index >= 15 is 0 Å². The Kier molecular flexibility index (Phi) is 4.89. The van der Waals surface area contributed by atoms with Crippen LogP contribution in [0, 0.1) is 0 Å². The Morgan fingerprint density at radius 3 is 2.52 bits per heavy atom. The van der Waals surface area contributed by atoms with E-state index in [9.17, 15) is 4.79 Å². The predicted octanol–water partition coefficient (Wildman–Crippen LogP) is 3.11. The van der Waals surface area contributed by atoms with Crippen molar-refractivity contribution >= 4 is 22.6 Å². The van der Waals surface area contributed by atoms with E-state index in [2.05, 4.69) is 17.4 Å². The second-order valence-electron chi connectivity index (χ2n) is 5.26. The summed E-state index contributed by atoms with van der Waals surface area (Å²) in [6, 6.07) is 16.5. The Morgan fingerprint density at radius 1 is 1.08 bits per heavy atom. The summed E-state index contributed by atoms with van der Waals surface area (Å²) in [7, 11) is 1.59. The van der Waals surface area contributed by atoms with Gasteiger partial charge >= 0.3 is 0 Å². The third kappa shape index (κ3) is 4.11. The molecular weight excluding hydrogens is 320 g/mol. The minimum atomic E-state index is -0.340. The first-order chi connectivity index (χ1) is 12.2. The molecule has 0 aliphatic carbocycles. The van der Waals surface area contributed by atoms with Crippen molar-refractivity contribution < 1.29 is 18.7 Å². The molecular formula is C19H18N2O4. The zero-order valence-electron chi connectivity index (χ0n) is 13.7. The van der Waals surface area contributed by atoms with Crippen LogP contribution in [0.2, 0.25) is 0 Å². The minimum Gasteiger partial charge on any atom is -0.497 e. The largest absolute Gasteiger partial charge is 0.497 e. The van der Waals surface area contributed by atoms with Gasteiger partial charge in [0.2, 0.25) is 0 Å². The minimum absolute atomic E-state index is 0.132. The molecule has 0 aliphatic heterocycles. The summed E-state index contributed by atoms with van der Waals surface area (Å²) in [6.07, 6.45) is 0. The molecule has 2 N–H and O–H groups in total. The average Bonchev–Trinajstić information content (AvgIpc) is 3.09. The molecule has 0 unspecified atom stereocenters. The number of furan rings is 1. The molecule has 1 heterocycles. The summed E-state index contributed by atoms with van der Waals surface area (Å²) in [5.74, 6) is 1.51. The lowest BCUT2D eigenvalue weighted by Gasteiger charge is -2.10. The smallest absolute Gasteiger partial charge is 0.276 e. The van der Waals surface area contributed by atoms with Gasteiger partial charge in [0.25, 0.3) is 5.91 Å². The summed E-state index contributed by atoms with van der Waals surface area (Å²) in [5.41, 5.74) is 6.46. The van der Waals surface area contributed by atoms with Gasteiger partial charge in [0, 0.05) is 5.39 Å². The molecule has 0 aliphatic rings. The Morgan fingerprint density at radius 2 is 1.80 bits per heavy atom. The fraction of sp³-hybridized carbons (Fsp3) is 0.105. The highest BCUT2D eigenvalue weighted by molar-refractivity contribution is 5.82. The van der Waals surface area contributed by atoms with E-state index in [1.807, 2.05) is 30.3 Å². The van der Waals surface area contributed by atoms with Crippen molar-refractivity contribution in [2.24, 2.45) is 0 Å². The molecule has 2 aromatic carbocycles. The molecule has 3 aromatic rings. The quantitative estimate of drug-likeness (QED) is 0.648. The van der Waals surface area contributed by atoms with Gasteiger partial charge < -0.3 is 13.9 Å². The number of benzene rings is 2. The zero-order chi connectivity index (χ0) is 17.6. The predicted molar refractivity (Wildman–Crippen MR) is 95.0 cm³/mol. The summed E-state index contributed by atoms with van der Waals surface area (Å²) < 4.78 is 16.1. The number of hydrogen-bond acceptors (Lipinski definition) is 5. The zero-order valence-corrected chi connectivity index (χ0v) is 13.7. The second kappa shape index (κ2) is 7.44. The van der Waals surface area contributed by atoms with Crippen molar-refractivity contribution in [1.29, 1.82) is 0 Å². The Bertz CT molecular complexity index is 851. The summed E-state index contributed by atoms with van der Waals surface area (Å²) in [5, 5.41) is 0.967. The van der Waals surface area contributed by atoms with Crippen molar-refractivity contribution in [2.75, 3.05) is 13.7 Å². The number of ether oxygens (including phenoxy) is 2. The van der Waals surface area contributed by atoms with Gasteiger partial charge in [0.1, 0.15) is 17.1 Å². The van der Waals surface area contributed by atoms with E-state index in [0.29, 0.717) is 17.2 Å². The monoisotopic (exact) mass is 338 g/mol. The van der Waals surface area contributed by atoms with Crippen molar-refractivity contribution in [3.8, 4) is 11.5 Å². The van der Waals surface area contributed by atoms with Crippen molar-refractivity contribution in [2.45, 2.75) is 0 Å². The van der Waals surface area contributed by atoms with Gasteiger partial charge in [-0.2, -0.15) is 0 Å². The first-order valence-corrected chi connectivity index (χ1v) is 7.65. The van der Waals surface area contributed by atoms with Gasteiger partial charge in [-0.05, 0) is 36.4 Å².